The number of hydrogen-bond donors (Lipinski definition) is 1. The van der Waals surface area contributed by atoms with Crippen LogP contribution in [0.2, 0.25) is 5.02 Å². The fourth-order valence-electron chi connectivity index (χ4n) is 5.02. The molecule has 1 saturated carbocycles. The van der Waals surface area contributed by atoms with Crippen molar-refractivity contribution in [2.75, 3.05) is 28.8 Å². The molecule has 4 rings (SSSR count). The van der Waals surface area contributed by atoms with E-state index < -0.39 is 11.9 Å². The number of anilines is 2. The van der Waals surface area contributed by atoms with Gasteiger partial charge in [-0.2, -0.15) is 11.8 Å². The molecule has 3 fully saturated rings. The molecule has 1 aromatic rings. The summed E-state index contributed by atoms with van der Waals surface area (Å²) in [6.07, 6.45) is 6.90. The fraction of sp³-hybridized carbons (Fsp3) is 0.565. The standard InChI is InChI=1S/C23H28ClN3O4S/c1-32-12-10-19(27-22(30)15-5-2-3-6-16(15)23(27)31)21(29)25-18-13-14(8-9-17(18)24)26-11-4-7-20(26)28/h8-9,13,15-16,19H,2-7,10-12H2,1H3,(H,25,29). The number of imide groups is 1. The minimum atomic E-state index is -0.874. The highest BCUT2D eigenvalue weighted by atomic mass is 35.5. The maximum atomic E-state index is 13.3. The summed E-state index contributed by atoms with van der Waals surface area (Å²) in [5.41, 5.74) is 1.05. The van der Waals surface area contributed by atoms with Crippen LogP contribution in [0.4, 0.5) is 11.4 Å². The van der Waals surface area contributed by atoms with Gasteiger partial charge in [0.05, 0.1) is 22.5 Å². The Morgan fingerprint density at radius 2 is 1.84 bits per heavy atom. The summed E-state index contributed by atoms with van der Waals surface area (Å²) in [7, 11) is 0. The molecule has 0 spiro atoms. The lowest BCUT2D eigenvalue weighted by atomic mass is 9.81. The summed E-state index contributed by atoms with van der Waals surface area (Å²) < 4.78 is 0. The van der Waals surface area contributed by atoms with E-state index in [-0.39, 0.29) is 29.6 Å². The zero-order chi connectivity index (χ0) is 22.8. The highest BCUT2D eigenvalue weighted by Crippen LogP contribution is 2.39. The van der Waals surface area contributed by atoms with Crippen LogP contribution in [-0.4, -0.2) is 53.1 Å². The molecular formula is C23H28ClN3O4S. The number of nitrogens with one attached hydrogen (secondary N) is 1. The Morgan fingerprint density at radius 1 is 1.16 bits per heavy atom. The molecule has 2 saturated heterocycles. The van der Waals surface area contributed by atoms with Crippen LogP contribution in [0.25, 0.3) is 0 Å². The molecule has 3 aliphatic rings. The van der Waals surface area contributed by atoms with Crippen molar-refractivity contribution in [2.45, 2.75) is 51.0 Å². The van der Waals surface area contributed by atoms with E-state index in [9.17, 15) is 19.2 Å². The molecule has 3 unspecified atom stereocenters. The van der Waals surface area contributed by atoms with Crippen molar-refractivity contribution in [3.05, 3.63) is 23.2 Å². The van der Waals surface area contributed by atoms with E-state index >= 15 is 0 Å². The Kier molecular flexibility index (Phi) is 7.10. The van der Waals surface area contributed by atoms with Crippen molar-refractivity contribution in [3.8, 4) is 0 Å². The summed E-state index contributed by atoms with van der Waals surface area (Å²) in [4.78, 5) is 54.5. The van der Waals surface area contributed by atoms with E-state index in [1.165, 1.54) is 4.90 Å². The monoisotopic (exact) mass is 477 g/mol. The van der Waals surface area contributed by atoms with Gasteiger partial charge >= 0.3 is 0 Å². The van der Waals surface area contributed by atoms with Gasteiger partial charge in [0.1, 0.15) is 6.04 Å². The van der Waals surface area contributed by atoms with Crippen molar-refractivity contribution in [1.82, 2.24) is 4.90 Å². The van der Waals surface area contributed by atoms with Crippen LogP contribution in [0.5, 0.6) is 0 Å². The number of rotatable bonds is 7. The molecule has 2 heterocycles. The molecule has 172 valence electrons. The molecule has 0 bridgehead atoms. The number of benzene rings is 1. The number of carbonyl (C=O) groups is 4. The number of amides is 4. The lowest BCUT2D eigenvalue weighted by molar-refractivity contribution is -0.146. The van der Waals surface area contributed by atoms with Crippen LogP contribution in [0.3, 0.4) is 0 Å². The Bertz CT molecular complexity index is 916. The van der Waals surface area contributed by atoms with Gasteiger partial charge in [0.25, 0.3) is 0 Å². The van der Waals surface area contributed by atoms with E-state index in [0.717, 1.165) is 19.3 Å². The molecule has 1 aromatic carbocycles. The fourth-order valence-corrected chi connectivity index (χ4v) is 5.64. The van der Waals surface area contributed by atoms with Crippen LogP contribution in [0.15, 0.2) is 18.2 Å². The number of likely N-dealkylation sites (tertiary alicyclic amines) is 1. The zero-order valence-electron chi connectivity index (χ0n) is 18.1. The third-order valence-electron chi connectivity index (χ3n) is 6.68. The maximum Gasteiger partial charge on any atom is 0.247 e. The van der Waals surface area contributed by atoms with Crippen LogP contribution >= 0.6 is 23.4 Å². The third-order valence-corrected chi connectivity index (χ3v) is 7.65. The van der Waals surface area contributed by atoms with Gasteiger partial charge in [0, 0.05) is 18.7 Å². The summed E-state index contributed by atoms with van der Waals surface area (Å²) in [6, 6.07) is 4.21. The molecule has 9 heteroatoms. The smallest absolute Gasteiger partial charge is 0.247 e. The zero-order valence-corrected chi connectivity index (χ0v) is 19.7. The van der Waals surface area contributed by atoms with Crippen molar-refractivity contribution in [2.24, 2.45) is 11.8 Å². The van der Waals surface area contributed by atoms with Gasteiger partial charge in [-0.3, -0.25) is 24.1 Å². The van der Waals surface area contributed by atoms with Crippen molar-refractivity contribution in [1.29, 1.82) is 0 Å². The van der Waals surface area contributed by atoms with E-state index in [0.29, 0.717) is 54.4 Å². The minimum absolute atomic E-state index is 0.0401. The second-order valence-electron chi connectivity index (χ2n) is 8.64. The van der Waals surface area contributed by atoms with Gasteiger partial charge in [-0.25, -0.2) is 0 Å². The highest BCUT2D eigenvalue weighted by Gasteiger charge is 2.51. The van der Waals surface area contributed by atoms with Crippen LogP contribution in [0, 0.1) is 11.8 Å². The average molecular weight is 478 g/mol. The molecule has 3 atom stereocenters. The number of nitrogens with zero attached hydrogens (tertiary/aromatic N) is 2. The minimum Gasteiger partial charge on any atom is -0.323 e. The topological polar surface area (TPSA) is 86.8 Å². The summed E-state index contributed by atoms with van der Waals surface area (Å²) in [5, 5.41) is 3.17. The first-order chi connectivity index (χ1) is 15.4. The predicted molar refractivity (Wildman–Crippen MR) is 126 cm³/mol. The molecule has 0 radical (unpaired) electrons. The molecule has 0 aromatic heterocycles. The summed E-state index contributed by atoms with van der Waals surface area (Å²) >= 11 is 7.90. The number of thioether (sulfide) groups is 1. The predicted octanol–water partition coefficient (Wildman–Crippen LogP) is 3.70. The normalized spacial score (nSPS) is 24.1. The van der Waals surface area contributed by atoms with Gasteiger partial charge in [-0.05, 0) is 55.9 Å². The van der Waals surface area contributed by atoms with Crippen molar-refractivity contribution >= 4 is 58.4 Å². The molecule has 1 N–H and O–H groups in total. The molecule has 4 amide bonds. The SMILES string of the molecule is CSCCC(C(=O)Nc1cc(N2CCCC2=O)ccc1Cl)N1C(=O)C2CCCCC2C1=O. The summed E-state index contributed by atoms with van der Waals surface area (Å²) in [5.74, 6) is -0.778. The van der Waals surface area contributed by atoms with Crippen LogP contribution < -0.4 is 10.2 Å². The van der Waals surface area contributed by atoms with Gasteiger partial charge in [0.15, 0.2) is 0 Å². The molecule has 32 heavy (non-hydrogen) atoms. The third kappa shape index (κ3) is 4.39. The van der Waals surface area contributed by atoms with Gasteiger partial charge in [-0.15, -0.1) is 0 Å². The highest BCUT2D eigenvalue weighted by molar-refractivity contribution is 7.98. The quantitative estimate of drug-likeness (QED) is 0.605. The Labute approximate surface area is 197 Å². The second-order valence-corrected chi connectivity index (χ2v) is 10.0. The van der Waals surface area contributed by atoms with E-state index in [1.54, 1.807) is 34.9 Å². The first-order valence-electron chi connectivity index (χ1n) is 11.2. The molecule has 2 aliphatic heterocycles. The lowest BCUT2D eigenvalue weighted by Crippen LogP contribution is -2.48. The number of halogens is 1. The second kappa shape index (κ2) is 9.83. The Hall–Kier alpha value is -2.06. The van der Waals surface area contributed by atoms with Crippen LogP contribution in [-0.2, 0) is 19.2 Å². The van der Waals surface area contributed by atoms with E-state index in [1.807, 2.05) is 6.26 Å². The van der Waals surface area contributed by atoms with Crippen molar-refractivity contribution < 1.29 is 19.2 Å². The van der Waals surface area contributed by atoms with Gasteiger partial charge in [-0.1, -0.05) is 24.4 Å². The lowest BCUT2D eigenvalue weighted by Gasteiger charge is -2.26. The number of fused-ring (bicyclic) bond motifs is 1. The van der Waals surface area contributed by atoms with Crippen LogP contribution in [0.1, 0.15) is 44.9 Å². The number of hydrogen-bond acceptors (Lipinski definition) is 5. The first-order valence-corrected chi connectivity index (χ1v) is 13.0. The first kappa shape index (κ1) is 23.1. The summed E-state index contributed by atoms with van der Waals surface area (Å²) in [6.45, 7) is 0.629. The molecular weight excluding hydrogens is 450 g/mol. The number of carbonyl (C=O) groups excluding carboxylic acids is 4. The molecule has 7 nitrogen and oxygen atoms in total. The largest absolute Gasteiger partial charge is 0.323 e. The molecule has 1 aliphatic carbocycles. The average Bonchev–Trinajstić information content (AvgIpc) is 3.32. The Balaban J connectivity index is 1.57. The maximum absolute atomic E-state index is 13.3. The van der Waals surface area contributed by atoms with E-state index in [4.69, 9.17) is 11.6 Å². The van der Waals surface area contributed by atoms with E-state index in [2.05, 4.69) is 5.32 Å². The Morgan fingerprint density at radius 3 is 2.44 bits per heavy atom. The van der Waals surface area contributed by atoms with Gasteiger partial charge in [0.2, 0.25) is 23.6 Å². The van der Waals surface area contributed by atoms with Gasteiger partial charge < -0.3 is 10.2 Å². The van der Waals surface area contributed by atoms with Crippen molar-refractivity contribution in [3.63, 3.8) is 0 Å².